The zero-order valence-corrected chi connectivity index (χ0v) is 14.3. The van der Waals surface area contributed by atoms with Crippen LogP contribution in [0, 0.1) is 6.92 Å². The van der Waals surface area contributed by atoms with E-state index in [1.807, 2.05) is 19.9 Å². The maximum absolute atomic E-state index is 5.38. The average Bonchev–Trinajstić information content (AvgIpc) is 3.09. The van der Waals surface area contributed by atoms with Gasteiger partial charge in [0.25, 0.3) is 0 Å². The molecule has 24 heavy (non-hydrogen) atoms. The minimum Gasteiger partial charge on any atom is -0.341 e. The Bertz CT molecular complexity index is 705. The van der Waals surface area contributed by atoms with Crippen LogP contribution in [-0.4, -0.2) is 33.2 Å². The lowest BCUT2D eigenvalue weighted by Gasteiger charge is -2.17. The van der Waals surface area contributed by atoms with Crippen molar-refractivity contribution in [3.05, 3.63) is 29.2 Å². The Labute approximate surface area is 141 Å². The predicted octanol–water partition coefficient (Wildman–Crippen LogP) is 2.50. The van der Waals surface area contributed by atoms with Crippen molar-refractivity contribution in [1.82, 2.24) is 25.4 Å². The summed E-state index contributed by atoms with van der Waals surface area (Å²) in [5.74, 6) is 2.88. The highest BCUT2D eigenvalue weighted by atomic mass is 16.5. The smallest absolute Gasteiger partial charge is 0.243 e. The third-order valence-corrected chi connectivity index (χ3v) is 4.64. The molecule has 2 aliphatic rings. The summed E-state index contributed by atoms with van der Waals surface area (Å²) in [6.07, 6.45) is 4.81. The van der Waals surface area contributed by atoms with Gasteiger partial charge in [-0.05, 0) is 45.6 Å². The van der Waals surface area contributed by atoms with Gasteiger partial charge >= 0.3 is 0 Å². The van der Waals surface area contributed by atoms with E-state index in [4.69, 9.17) is 9.51 Å². The van der Waals surface area contributed by atoms with Crippen molar-refractivity contribution < 1.29 is 4.52 Å². The molecule has 0 aromatic carbocycles. The van der Waals surface area contributed by atoms with Crippen molar-refractivity contribution >= 4 is 5.95 Å². The molecule has 4 rings (SSSR count). The van der Waals surface area contributed by atoms with Gasteiger partial charge in [0.05, 0.1) is 11.7 Å². The molecule has 3 heterocycles. The number of aryl methyl sites for hydroxylation is 1. The number of hydrogen-bond acceptors (Lipinski definition) is 7. The highest BCUT2D eigenvalue weighted by Gasteiger charge is 2.29. The van der Waals surface area contributed by atoms with Crippen molar-refractivity contribution in [2.24, 2.45) is 0 Å². The molecule has 1 saturated carbocycles. The number of nitrogens with one attached hydrogen (secondary N) is 1. The normalized spacial score (nSPS) is 19.0. The van der Waals surface area contributed by atoms with Crippen molar-refractivity contribution in [2.45, 2.75) is 58.0 Å². The zero-order valence-electron chi connectivity index (χ0n) is 14.3. The molecule has 1 aliphatic heterocycles. The van der Waals surface area contributed by atoms with Crippen molar-refractivity contribution in [2.75, 3.05) is 18.0 Å². The van der Waals surface area contributed by atoms with Gasteiger partial charge in [0.1, 0.15) is 0 Å². The summed E-state index contributed by atoms with van der Waals surface area (Å²) >= 11 is 0. The summed E-state index contributed by atoms with van der Waals surface area (Å²) < 4.78 is 5.38. The molecule has 2 aromatic rings. The van der Waals surface area contributed by atoms with Crippen molar-refractivity contribution in [3.8, 4) is 0 Å². The molecule has 0 amide bonds. The van der Waals surface area contributed by atoms with Crippen molar-refractivity contribution in [1.29, 1.82) is 0 Å². The molecular weight excluding hydrogens is 304 g/mol. The molecule has 1 aliphatic carbocycles. The lowest BCUT2D eigenvalue weighted by atomic mass is 10.3. The topological polar surface area (TPSA) is 80.0 Å². The monoisotopic (exact) mass is 328 g/mol. The zero-order chi connectivity index (χ0) is 16.5. The molecule has 0 bridgehead atoms. The Morgan fingerprint density at radius 1 is 1.25 bits per heavy atom. The molecule has 1 atom stereocenters. The van der Waals surface area contributed by atoms with Crippen LogP contribution >= 0.6 is 0 Å². The van der Waals surface area contributed by atoms with E-state index in [9.17, 15) is 0 Å². The van der Waals surface area contributed by atoms with Gasteiger partial charge in [0, 0.05) is 31.2 Å². The molecule has 7 nitrogen and oxygen atoms in total. The van der Waals surface area contributed by atoms with E-state index in [0.717, 1.165) is 36.3 Å². The highest BCUT2D eigenvalue weighted by Crippen LogP contribution is 2.38. The number of nitrogens with zero attached hydrogens (tertiary/aromatic N) is 5. The molecule has 0 spiro atoms. The van der Waals surface area contributed by atoms with E-state index in [1.54, 1.807) is 0 Å². The van der Waals surface area contributed by atoms with Gasteiger partial charge in [-0.2, -0.15) is 4.98 Å². The van der Waals surface area contributed by atoms with Gasteiger partial charge in [0.15, 0.2) is 5.82 Å². The van der Waals surface area contributed by atoms with Crippen molar-refractivity contribution in [3.63, 3.8) is 0 Å². The molecule has 2 aromatic heterocycles. The van der Waals surface area contributed by atoms with Gasteiger partial charge in [-0.3, -0.25) is 0 Å². The second kappa shape index (κ2) is 6.47. The lowest BCUT2D eigenvalue weighted by Crippen LogP contribution is -2.23. The Morgan fingerprint density at radius 2 is 2.04 bits per heavy atom. The minimum atomic E-state index is 0.00973. The number of hydrogen-bond donors (Lipinski definition) is 1. The van der Waals surface area contributed by atoms with Gasteiger partial charge < -0.3 is 14.7 Å². The SMILES string of the molecule is Cc1cc(CNC(C)c2nc(C3CC3)no2)nc(N2CCCC2)n1. The van der Waals surface area contributed by atoms with Gasteiger partial charge in [-0.1, -0.05) is 5.16 Å². The maximum atomic E-state index is 5.38. The van der Waals surface area contributed by atoms with Crippen LogP contribution in [0.1, 0.15) is 67.7 Å². The number of rotatable bonds is 6. The van der Waals surface area contributed by atoms with Crippen LogP contribution < -0.4 is 10.2 Å². The van der Waals surface area contributed by atoms with Crippen LogP contribution in [0.3, 0.4) is 0 Å². The van der Waals surface area contributed by atoms with Crippen LogP contribution in [0.4, 0.5) is 5.95 Å². The Morgan fingerprint density at radius 3 is 2.79 bits per heavy atom. The highest BCUT2D eigenvalue weighted by molar-refractivity contribution is 5.33. The fourth-order valence-electron chi connectivity index (χ4n) is 3.04. The standard InChI is InChI=1S/C17H24N6O/c1-11-9-14(20-17(19-11)23-7-3-4-8-23)10-18-12(2)16-21-15(22-24-16)13-5-6-13/h9,12-13,18H,3-8,10H2,1-2H3. The fraction of sp³-hybridized carbons (Fsp3) is 0.647. The van der Waals surface area contributed by atoms with Gasteiger partial charge in [-0.15, -0.1) is 0 Å². The van der Waals surface area contributed by atoms with E-state index < -0.39 is 0 Å². The van der Waals surface area contributed by atoms with E-state index in [2.05, 4.69) is 25.3 Å². The van der Waals surface area contributed by atoms with E-state index >= 15 is 0 Å². The summed E-state index contributed by atoms with van der Waals surface area (Å²) in [6.45, 7) is 6.83. The molecule has 2 fully saturated rings. The van der Waals surface area contributed by atoms with Crippen LogP contribution in [0.25, 0.3) is 0 Å². The first-order valence-electron chi connectivity index (χ1n) is 8.85. The first kappa shape index (κ1) is 15.5. The molecule has 1 saturated heterocycles. The second-order valence-electron chi connectivity index (χ2n) is 6.86. The van der Waals surface area contributed by atoms with E-state index in [0.29, 0.717) is 18.4 Å². The summed E-state index contributed by atoms with van der Waals surface area (Å²) in [5, 5.41) is 7.50. The minimum absolute atomic E-state index is 0.00973. The third kappa shape index (κ3) is 3.40. The van der Waals surface area contributed by atoms with Crippen LogP contribution in [0.2, 0.25) is 0 Å². The number of anilines is 1. The van der Waals surface area contributed by atoms with Crippen LogP contribution in [-0.2, 0) is 6.54 Å². The number of aromatic nitrogens is 4. The molecular formula is C17H24N6O. The second-order valence-corrected chi connectivity index (χ2v) is 6.86. The predicted molar refractivity (Wildman–Crippen MR) is 89.7 cm³/mol. The summed E-state index contributed by atoms with van der Waals surface area (Å²) in [4.78, 5) is 16.1. The largest absolute Gasteiger partial charge is 0.341 e. The first-order valence-corrected chi connectivity index (χ1v) is 8.85. The van der Waals surface area contributed by atoms with E-state index in [1.165, 1.54) is 25.7 Å². The van der Waals surface area contributed by atoms with Crippen LogP contribution in [0.5, 0.6) is 0 Å². The molecule has 128 valence electrons. The Balaban J connectivity index is 1.40. The fourth-order valence-corrected chi connectivity index (χ4v) is 3.04. The first-order chi connectivity index (χ1) is 11.7. The summed E-state index contributed by atoms with van der Waals surface area (Å²) in [6, 6.07) is 2.04. The Kier molecular flexibility index (Phi) is 4.18. The molecule has 1 unspecified atom stereocenters. The average molecular weight is 328 g/mol. The Hall–Kier alpha value is -2.02. The molecule has 0 radical (unpaired) electrons. The van der Waals surface area contributed by atoms with Gasteiger partial charge in [-0.25, -0.2) is 9.97 Å². The van der Waals surface area contributed by atoms with Crippen LogP contribution in [0.15, 0.2) is 10.6 Å². The van der Waals surface area contributed by atoms with E-state index in [-0.39, 0.29) is 6.04 Å². The quantitative estimate of drug-likeness (QED) is 0.872. The summed E-state index contributed by atoms with van der Waals surface area (Å²) in [7, 11) is 0. The maximum Gasteiger partial charge on any atom is 0.243 e. The summed E-state index contributed by atoms with van der Waals surface area (Å²) in [5.41, 5.74) is 2.00. The lowest BCUT2D eigenvalue weighted by molar-refractivity contribution is 0.335. The molecule has 1 N–H and O–H groups in total. The third-order valence-electron chi connectivity index (χ3n) is 4.64. The van der Waals surface area contributed by atoms with Gasteiger partial charge in [0.2, 0.25) is 11.8 Å². The molecule has 7 heteroatoms.